The quantitative estimate of drug-likeness (QED) is 0.802. The number of aromatic nitrogens is 2. The van der Waals surface area contributed by atoms with Gasteiger partial charge in [-0.2, -0.15) is 0 Å². The van der Waals surface area contributed by atoms with Crippen molar-refractivity contribution in [2.45, 2.75) is 26.3 Å². The summed E-state index contributed by atoms with van der Waals surface area (Å²) in [4.78, 5) is 22.5. The lowest BCUT2D eigenvalue weighted by Crippen LogP contribution is -2.33. The first-order valence-corrected chi connectivity index (χ1v) is 6.78. The van der Waals surface area contributed by atoms with Gasteiger partial charge in [0.15, 0.2) is 0 Å². The van der Waals surface area contributed by atoms with Crippen molar-refractivity contribution in [1.82, 2.24) is 14.9 Å². The van der Waals surface area contributed by atoms with E-state index >= 15 is 0 Å². The largest absolute Gasteiger partial charge is 0.340 e. The highest BCUT2D eigenvalue weighted by molar-refractivity contribution is 5.91. The first kappa shape index (κ1) is 14.2. The fourth-order valence-corrected chi connectivity index (χ4v) is 1.82. The molecule has 0 N–H and O–H groups in total. The summed E-state index contributed by atoms with van der Waals surface area (Å²) in [5.41, 5.74) is 2.37. The van der Waals surface area contributed by atoms with Gasteiger partial charge in [0.05, 0.1) is 22.9 Å². The van der Waals surface area contributed by atoms with Crippen LogP contribution in [0.1, 0.15) is 26.0 Å². The van der Waals surface area contributed by atoms with Crippen LogP contribution < -0.4 is 0 Å². The molecule has 1 aromatic heterocycles. The molecule has 104 valence electrons. The van der Waals surface area contributed by atoms with E-state index in [1.807, 2.05) is 38.2 Å². The molecule has 1 unspecified atom stereocenters. The monoisotopic (exact) mass is 269 g/mol. The number of carbonyl (C=O) groups is 1. The van der Waals surface area contributed by atoms with Gasteiger partial charge in [-0.05, 0) is 31.6 Å². The zero-order valence-corrected chi connectivity index (χ0v) is 12.1. The first-order chi connectivity index (χ1) is 9.61. The summed E-state index contributed by atoms with van der Waals surface area (Å²) in [6, 6.07) is 7.91. The fraction of sp³-hybridized carbons (Fsp3) is 0.312. The second-order valence-electron chi connectivity index (χ2n) is 4.82. The standard InChI is InChI=1S/C16H19N3O/c1-4-12(2)19(3)16(20)10-9-13-11-17-14-7-5-6-8-15(14)18-13/h5-12H,4H2,1-3H3/b10-9+. The van der Waals surface area contributed by atoms with Crippen LogP contribution in [0.5, 0.6) is 0 Å². The Morgan fingerprint density at radius 3 is 2.75 bits per heavy atom. The van der Waals surface area contributed by atoms with Crippen LogP contribution in [0.4, 0.5) is 0 Å². The molecule has 2 aromatic rings. The van der Waals surface area contributed by atoms with Crippen molar-refractivity contribution in [3.05, 3.63) is 42.2 Å². The maximum absolute atomic E-state index is 12.0. The smallest absolute Gasteiger partial charge is 0.246 e. The molecule has 0 aliphatic carbocycles. The van der Waals surface area contributed by atoms with E-state index in [2.05, 4.69) is 16.9 Å². The minimum atomic E-state index is -0.0192. The second kappa shape index (κ2) is 6.28. The third kappa shape index (κ3) is 3.20. The van der Waals surface area contributed by atoms with Gasteiger partial charge >= 0.3 is 0 Å². The van der Waals surface area contributed by atoms with Gasteiger partial charge in [-0.15, -0.1) is 0 Å². The highest BCUT2D eigenvalue weighted by Crippen LogP contribution is 2.09. The van der Waals surface area contributed by atoms with E-state index in [-0.39, 0.29) is 11.9 Å². The van der Waals surface area contributed by atoms with Gasteiger partial charge in [-0.1, -0.05) is 19.1 Å². The minimum absolute atomic E-state index is 0.0192. The number of hydrogen-bond acceptors (Lipinski definition) is 3. The number of fused-ring (bicyclic) bond motifs is 1. The van der Waals surface area contributed by atoms with Crippen LogP contribution in [0.25, 0.3) is 17.1 Å². The maximum atomic E-state index is 12.0. The topological polar surface area (TPSA) is 46.1 Å². The lowest BCUT2D eigenvalue weighted by atomic mass is 10.2. The zero-order valence-electron chi connectivity index (χ0n) is 12.1. The summed E-state index contributed by atoms with van der Waals surface area (Å²) in [7, 11) is 1.81. The Morgan fingerprint density at radius 1 is 1.35 bits per heavy atom. The molecule has 0 saturated carbocycles. The number of likely N-dealkylation sites (N-methyl/N-ethyl adjacent to an activating group) is 1. The Kier molecular flexibility index (Phi) is 4.45. The first-order valence-electron chi connectivity index (χ1n) is 6.78. The summed E-state index contributed by atoms with van der Waals surface area (Å²) < 4.78 is 0. The van der Waals surface area contributed by atoms with Crippen molar-refractivity contribution >= 4 is 23.0 Å². The van der Waals surface area contributed by atoms with Gasteiger partial charge in [-0.3, -0.25) is 9.78 Å². The van der Waals surface area contributed by atoms with Crippen molar-refractivity contribution in [1.29, 1.82) is 0 Å². The van der Waals surface area contributed by atoms with Crippen LogP contribution in [0.3, 0.4) is 0 Å². The highest BCUT2D eigenvalue weighted by atomic mass is 16.2. The Labute approximate surface area is 119 Å². The van der Waals surface area contributed by atoms with Crippen molar-refractivity contribution < 1.29 is 4.79 Å². The van der Waals surface area contributed by atoms with E-state index in [9.17, 15) is 4.79 Å². The van der Waals surface area contributed by atoms with Crippen LogP contribution in [-0.2, 0) is 4.79 Å². The van der Waals surface area contributed by atoms with Crippen LogP contribution in [0, 0.1) is 0 Å². The van der Waals surface area contributed by atoms with E-state index < -0.39 is 0 Å². The average molecular weight is 269 g/mol. The molecule has 0 fully saturated rings. The van der Waals surface area contributed by atoms with Crippen molar-refractivity contribution in [3.63, 3.8) is 0 Å². The van der Waals surface area contributed by atoms with E-state index in [1.165, 1.54) is 0 Å². The molecule has 0 bridgehead atoms. The average Bonchev–Trinajstić information content (AvgIpc) is 2.50. The fourth-order valence-electron chi connectivity index (χ4n) is 1.82. The molecular weight excluding hydrogens is 250 g/mol. The maximum Gasteiger partial charge on any atom is 0.246 e. The summed E-state index contributed by atoms with van der Waals surface area (Å²) in [5, 5.41) is 0. The van der Waals surface area contributed by atoms with E-state index in [4.69, 9.17) is 0 Å². The third-order valence-corrected chi connectivity index (χ3v) is 3.46. The summed E-state index contributed by atoms with van der Waals surface area (Å²) in [6.07, 6.45) is 5.87. The van der Waals surface area contributed by atoms with E-state index in [1.54, 1.807) is 23.2 Å². The molecule has 1 atom stereocenters. The Balaban J connectivity index is 2.15. The molecule has 1 heterocycles. The van der Waals surface area contributed by atoms with Gasteiger partial charge in [0, 0.05) is 19.2 Å². The Morgan fingerprint density at radius 2 is 2.05 bits per heavy atom. The van der Waals surface area contributed by atoms with Crippen LogP contribution >= 0.6 is 0 Å². The molecular formula is C16H19N3O. The van der Waals surface area contributed by atoms with Gasteiger partial charge in [-0.25, -0.2) is 4.98 Å². The minimum Gasteiger partial charge on any atom is -0.340 e. The molecule has 4 heteroatoms. The van der Waals surface area contributed by atoms with Gasteiger partial charge in [0.1, 0.15) is 0 Å². The molecule has 1 amide bonds. The third-order valence-electron chi connectivity index (χ3n) is 3.46. The van der Waals surface area contributed by atoms with E-state index in [0.717, 1.165) is 17.5 Å². The predicted molar refractivity (Wildman–Crippen MR) is 81.1 cm³/mol. The number of carbonyl (C=O) groups excluding carboxylic acids is 1. The lowest BCUT2D eigenvalue weighted by molar-refractivity contribution is -0.126. The molecule has 0 aliphatic rings. The van der Waals surface area contributed by atoms with Gasteiger partial charge < -0.3 is 4.90 Å². The van der Waals surface area contributed by atoms with Crippen molar-refractivity contribution in [3.8, 4) is 0 Å². The SMILES string of the molecule is CCC(C)N(C)C(=O)/C=C/c1cnc2ccccc2n1. The lowest BCUT2D eigenvalue weighted by Gasteiger charge is -2.22. The van der Waals surface area contributed by atoms with Crippen LogP contribution in [0.15, 0.2) is 36.5 Å². The van der Waals surface area contributed by atoms with Crippen molar-refractivity contribution in [2.24, 2.45) is 0 Å². The number of amides is 1. The summed E-state index contributed by atoms with van der Waals surface area (Å²) in [5.74, 6) is -0.0192. The second-order valence-corrected chi connectivity index (χ2v) is 4.82. The molecule has 20 heavy (non-hydrogen) atoms. The number of nitrogens with zero attached hydrogens (tertiary/aromatic N) is 3. The predicted octanol–water partition coefficient (Wildman–Crippen LogP) is 2.90. The highest BCUT2D eigenvalue weighted by Gasteiger charge is 2.10. The summed E-state index contributed by atoms with van der Waals surface area (Å²) >= 11 is 0. The Bertz CT molecular complexity index is 636. The van der Waals surface area contributed by atoms with Crippen LogP contribution in [-0.4, -0.2) is 33.9 Å². The zero-order chi connectivity index (χ0) is 14.5. The molecule has 0 radical (unpaired) electrons. The normalized spacial score (nSPS) is 12.8. The molecule has 0 saturated heterocycles. The van der Waals surface area contributed by atoms with Crippen LogP contribution in [0.2, 0.25) is 0 Å². The van der Waals surface area contributed by atoms with Gasteiger partial charge in [0.25, 0.3) is 0 Å². The van der Waals surface area contributed by atoms with Crippen molar-refractivity contribution in [2.75, 3.05) is 7.05 Å². The number of para-hydroxylation sites is 2. The number of rotatable bonds is 4. The molecule has 4 nitrogen and oxygen atoms in total. The Hall–Kier alpha value is -2.23. The molecule has 2 rings (SSSR count). The van der Waals surface area contributed by atoms with Gasteiger partial charge in [0.2, 0.25) is 5.91 Å². The van der Waals surface area contributed by atoms with E-state index in [0.29, 0.717) is 5.69 Å². The summed E-state index contributed by atoms with van der Waals surface area (Å²) in [6.45, 7) is 4.09. The molecule has 1 aromatic carbocycles. The number of hydrogen-bond donors (Lipinski definition) is 0. The molecule has 0 spiro atoms. The molecule has 0 aliphatic heterocycles. The number of benzene rings is 1.